The molecule has 0 saturated heterocycles. The van der Waals surface area contributed by atoms with Crippen LogP contribution in [0.25, 0.3) is 0 Å². The Morgan fingerprint density at radius 3 is 2.59 bits per heavy atom. The SMILES string of the molecule is COC(=O)[C@H]1Oc2cc(C)oc(=O)c2[C@H]1c1ccc(OCc2ccccc2F)c(OC)c1. The van der Waals surface area contributed by atoms with Crippen LogP contribution in [-0.2, 0) is 16.1 Å². The van der Waals surface area contributed by atoms with Gasteiger partial charge in [0.2, 0.25) is 6.10 Å². The highest BCUT2D eigenvalue weighted by molar-refractivity contribution is 5.79. The van der Waals surface area contributed by atoms with E-state index in [0.717, 1.165) is 0 Å². The molecule has 2 aromatic carbocycles. The molecule has 1 aromatic heterocycles. The zero-order chi connectivity index (χ0) is 22.8. The molecule has 4 rings (SSSR count). The quantitative estimate of drug-likeness (QED) is 0.540. The first kappa shape index (κ1) is 21.4. The van der Waals surface area contributed by atoms with Crippen LogP contribution in [0.15, 0.2) is 57.7 Å². The lowest BCUT2D eigenvalue weighted by Gasteiger charge is -2.19. The Balaban J connectivity index is 1.70. The van der Waals surface area contributed by atoms with Gasteiger partial charge in [-0.25, -0.2) is 14.0 Å². The summed E-state index contributed by atoms with van der Waals surface area (Å²) in [6.45, 7) is 1.63. The second kappa shape index (κ2) is 8.74. The van der Waals surface area contributed by atoms with E-state index < -0.39 is 23.6 Å². The number of halogens is 1. The summed E-state index contributed by atoms with van der Waals surface area (Å²) in [6.07, 6.45) is -1.06. The van der Waals surface area contributed by atoms with Crippen LogP contribution in [0, 0.1) is 12.7 Å². The highest BCUT2D eigenvalue weighted by Gasteiger charge is 2.44. The van der Waals surface area contributed by atoms with E-state index in [1.165, 1.54) is 20.3 Å². The maximum Gasteiger partial charge on any atom is 0.348 e. The van der Waals surface area contributed by atoms with E-state index >= 15 is 0 Å². The summed E-state index contributed by atoms with van der Waals surface area (Å²) < 4.78 is 41.0. The fourth-order valence-corrected chi connectivity index (χ4v) is 3.74. The minimum absolute atomic E-state index is 0.00536. The second-order valence-electron chi connectivity index (χ2n) is 7.25. The molecule has 2 heterocycles. The lowest BCUT2D eigenvalue weighted by molar-refractivity contribution is -0.148. The van der Waals surface area contributed by atoms with E-state index in [1.807, 2.05) is 0 Å². The van der Waals surface area contributed by atoms with Gasteiger partial charge in [-0.1, -0.05) is 24.3 Å². The fourth-order valence-electron chi connectivity index (χ4n) is 3.74. The molecular formula is C24H21FO7. The van der Waals surface area contributed by atoms with Crippen molar-refractivity contribution in [3.05, 3.63) is 87.2 Å². The first-order valence-corrected chi connectivity index (χ1v) is 9.86. The topological polar surface area (TPSA) is 84.2 Å². The van der Waals surface area contributed by atoms with Crippen molar-refractivity contribution < 1.29 is 32.5 Å². The van der Waals surface area contributed by atoms with Gasteiger partial charge in [0.05, 0.1) is 25.7 Å². The van der Waals surface area contributed by atoms with Gasteiger partial charge in [-0.3, -0.25) is 0 Å². The molecule has 0 bridgehead atoms. The molecule has 7 nitrogen and oxygen atoms in total. The van der Waals surface area contributed by atoms with Crippen molar-refractivity contribution in [2.75, 3.05) is 14.2 Å². The van der Waals surface area contributed by atoms with E-state index in [9.17, 15) is 14.0 Å². The summed E-state index contributed by atoms with van der Waals surface area (Å²) in [7, 11) is 2.71. The van der Waals surface area contributed by atoms with Crippen LogP contribution in [-0.4, -0.2) is 26.3 Å². The van der Waals surface area contributed by atoms with Gasteiger partial charge in [-0.15, -0.1) is 0 Å². The van der Waals surface area contributed by atoms with Crippen LogP contribution in [0.5, 0.6) is 17.2 Å². The smallest absolute Gasteiger partial charge is 0.348 e. The molecule has 0 radical (unpaired) electrons. The zero-order valence-corrected chi connectivity index (χ0v) is 17.7. The van der Waals surface area contributed by atoms with Crippen molar-refractivity contribution >= 4 is 5.97 Å². The summed E-state index contributed by atoms with van der Waals surface area (Å²) in [4.78, 5) is 25.0. The molecule has 2 atom stereocenters. The summed E-state index contributed by atoms with van der Waals surface area (Å²) in [5.41, 5.74) is 0.615. The lowest BCUT2D eigenvalue weighted by atomic mass is 9.88. The third kappa shape index (κ3) is 3.91. The minimum Gasteiger partial charge on any atom is -0.493 e. The van der Waals surface area contributed by atoms with Crippen molar-refractivity contribution in [2.24, 2.45) is 0 Å². The van der Waals surface area contributed by atoms with Gasteiger partial charge in [0.15, 0.2) is 11.5 Å². The Kier molecular flexibility index (Phi) is 5.85. The number of rotatable bonds is 6. The van der Waals surface area contributed by atoms with Crippen molar-refractivity contribution in [3.8, 4) is 17.2 Å². The van der Waals surface area contributed by atoms with Gasteiger partial charge in [0, 0.05) is 11.6 Å². The normalized spacial score (nSPS) is 16.8. The average Bonchev–Trinajstić information content (AvgIpc) is 3.17. The predicted octanol–water partition coefficient (Wildman–Crippen LogP) is 3.74. The van der Waals surface area contributed by atoms with Gasteiger partial charge in [-0.05, 0) is 30.7 Å². The number of esters is 1. The van der Waals surface area contributed by atoms with Crippen LogP contribution < -0.4 is 19.8 Å². The van der Waals surface area contributed by atoms with Crippen molar-refractivity contribution in [1.82, 2.24) is 0 Å². The zero-order valence-electron chi connectivity index (χ0n) is 17.7. The molecule has 0 unspecified atom stereocenters. The Labute approximate surface area is 183 Å². The van der Waals surface area contributed by atoms with Crippen LogP contribution >= 0.6 is 0 Å². The highest BCUT2D eigenvalue weighted by Crippen LogP contribution is 2.43. The van der Waals surface area contributed by atoms with Gasteiger partial charge in [-0.2, -0.15) is 0 Å². The number of hydrogen-bond donors (Lipinski definition) is 0. The molecule has 8 heteroatoms. The molecule has 1 aliphatic heterocycles. The fraction of sp³-hybridized carbons (Fsp3) is 0.250. The summed E-state index contributed by atoms with van der Waals surface area (Å²) >= 11 is 0. The molecule has 1 aliphatic rings. The molecule has 0 amide bonds. The first-order valence-electron chi connectivity index (χ1n) is 9.86. The standard InChI is InChI=1S/C24H21FO7/c1-13-10-19-21(23(26)31-13)20(22(32-19)24(27)29-3)14-8-9-17(18(11-14)28-2)30-12-15-6-4-5-7-16(15)25/h4-11,20,22H,12H2,1-3H3/t20-,22+/m1/s1. The summed E-state index contributed by atoms with van der Waals surface area (Å²) in [5, 5.41) is 0. The maximum atomic E-state index is 13.9. The third-order valence-electron chi connectivity index (χ3n) is 5.26. The molecule has 0 aliphatic carbocycles. The maximum absolute atomic E-state index is 13.9. The lowest BCUT2D eigenvalue weighted by Crippen LogP contribution is -2.31. The van der Waals surface area contributed by atoms with E-state index in [2.05, 4.69) is 0 Å². The number of methoxy groups -OCH3 is 2. The monoisotopic (exact) mass is 440 g/mol. The Morgan fingerprint density at radius 1 is 1.09 bits per heavy atom. The Morgan fingerprint density at radius 2 is 1.88 bits per heavy atom. The number of carbonyl (C=O) groups excluding carboxylic acids is 1. The predicted molar refractivity (Wildman–Crippen MR) is 112 cm³/mol. The van der Waals surface area contributed by atoms with Crippen LogP contribution in [0.3, 0.4) is 0 Å². The molecule has 166 valence electrons. The minimum atomic E-state index is -1.06. The molecule has 0 fully saturated rings. The van der Waals surface area contributed by atoms with E-state index in [0.29, 0.717) is 28.4 Å². The van der Waals surface area contributed by atoms with Gasteiger partial charge in [0.25, 0.3) is 0 Å². The molecule has 0 N–H and O–H groups in total. The highest BCUT2D eigenvalue weighted by atomic mass is 19.1. The van der Waals surface area contributed by atoms with E-state index in [1.54, 1.807) is 49.4 Å². The van der Waals surface area contributed by atoms with Gasteiger partial charge >= 0.3 is 11.6 Å². The Bertz CT molecular complexity index is 1220. The number of fused-ring (bicyclic) bond motifs is 1. The Hall–Kier alpha value is -3.81. The largest absolute Gasteiger partial charge is 0.493 e. The number of hydrogen-bond acceptors (Lipinski definition) is 7. The molecule has 0 saturated carbocycles. The number of ether oxygens (including phenoxy) is 4. The molecular weight excluding hydrogens is 419 g/mol. The molecule has 3 aromatic rings. The van der Waals surface area contributed by atoms with E-state index in [-0.39, 0.29) is 23.7 Å². The van der Waals surface area contributed by atoms with Crippen LogP contribution in [0.2, 0.25) is 0 Å². The number of aryl methyl sites for hydroxylation is 1. The number of benzene rings is 2. The number of carbonyl (C=O) groups is 1. The third-order valence-corrected chi connectivity index (χ3v) is 5.26. The molecule has 0 spiro atoms. The van der Waals surface area contributed by atoms with Gasteiger partial charge < -0.3 is 23.4 Å². The van der Waals surface area contributed by atoms with Crippen molar-refractivity contribution in [3.63, 3.8) is 0 Å². The van der Waals surface area contributed by atoms with E-state index in [4.69, 9.17) is 23.4 Å². The van der Waals surface area contributed by atoms with Crippen molar-refractivity contribution in [1.29, 1.82) is 0 Å². The summed E-state index contributed by atoms with van der Waals surface area (Å²) in [5.74, 6) is -0.376. The van der Waals surface area contributed by atoms with Crippen LogP contribution in [0.1, 0.15) is 28.4 Å². The van der Waals surface area contributed by atoms with Gasteiger partial charge in [0.1, 0.15) is 23.9 Å². The summed E-state index contributed by atoms with van der Waals surface area (Å²) in [6, 6.07) is 12.9. The molecule has 32 heavy (non-hydrogen) atoms. The van der Waals surface area contributed by atoms with Crippen molar-refractivity contribution in [2.45, 2.75) is 25.6 Å². The average molecular weight is 440 g/mol. The first-order chi connectivity index (χ1) is 15.4. The van der Waals surface area contributed by atoms with Crippen LogP contribution in [0.4, 0.5) is 4.39 Å². The second-order valence-corrected chi connectivity index (χ2v) is 7.25.